The lowest BCUT2D eigenvalue weighted by Gasteiger charge is -2.13. The third-order valence-corrected chi connectivity index (χ3v) is 3.23. The fraction of sp³-hybridized carbons (Fsp3) is 0.235. The molecule has 0 aliphatic heterocycles. The van der Waals surface area contributed by atoms with Gasteiger partial charge in [0.15, 0.2) is 6.61 Å². The maximum atomic E-state index is 12.8. The number of amides is 2. The number of rotatable bonds is 6. The van der Waals surface area contributed by atoms with Crippen molar-refractivity contribution in [2.75, 3.05) is 18.5 Å². The second-order valence-corrected chi connectivity index (χ2v) is 5.33. The Bertz CT molecular complexity index is 718. The Kier molecular flexibility index (Phi) is 6.40. The van der Waals surface area contributed by atoms with E-state index in [0.717, 1.165) is 0 Å². The van der Waals surface area contributed by atoms with E-state index in [0.29, 0.717) is 11.3 Å². The normalized spacial score (nSPS) is 12.3. The smallest absolute Gasteiger partial charge is 0.422 e. The van der Waals surface area contributed by atoms with Crippen molar-refractivity contribution in [2.24, 2.45) is 0 Å². The lowest BCUT2D eigenvalue weighted by molar-refractivity contribution is -0.153. The molecule has 2 rings (SSSR count). The maximum absolute atomic E-state index is 12.8. The Labute approximate surface area is 146 Å². The summed E-state index contributed by atoms with van der Waals surface area (Å²) in [7, 11) is 0. The molecule has 0 aliphatic rings. The maximum Gasteiger partial charge on any atom is 0.422 e. The molecule has 1 atom stereocenters. The average Bonchev–Trinajstić information content (AvgIpc) is 2.59. The van der Waals surface area contributed by atoms with Crippen molar-refractivity contribution in [1.29, 1.82) is 0 Å². The first kappa shape index (κ1) is 19.5. The molecule has 5 nitrogen and oxygen atoms in total. The minimum Gasteiger partial charge on any atom is -0.484 e. The number of carbonyl (C=O) groups is 1. The van der Waals surface area contributed by atoms with Crippen molar-refractivity contribution in [1.82, 2.24) is 5.32 Å². The van der Waals surface area contributed by atoms with Gasteiger partial charge in [0.25, 0.3) is 0 Å². The Morgan fingerprint density at radius 2 is 1.69 bits per heavy atom. The molecule has 2 amide bonds. The van der Waals surface area contributed by atoms with Crippen LogP contribution in [0.5, 0.6) is 5.75 Å². The van der Waals surface area contributed by atoms with Crippen LogP contribution in [0, 0.1) is 5.82 Å². The van der Waals surface area contributed by atoms with Crippen LogP contribution in [0.15, 0.2) is 48.5 Å². The molecule has 9 heteroatoms. The molecule has 2 aromatic carbocycles. The molecular formula is C17H16F4N2O3. The van der Waals surface area contributed by atoms with E-state index >= 15 is 0 Å². The first-order valence-electron chi connectivity index (χ1n) is 7.51. The minimum atomic E-state index is -4.43. The number of nitrogens with one attached hydrogen (secondary N) is 2. The fourth-order valence-corrected chi connectivity index (χ4v) is 1.97. The average molecular weight is 372 g/mol. The van der Waals surface area contributed by atoms with Gasteiger partial charge in [-0.05, 0) is 42.0 Å². The SMILES string of the molecule is O=C(NCC(O)c1ccc(F)cc1)Nc1ccc(OCC(F)(F)F)cc1. The van der Waals surface area contributed by atoms with E-state index < -0.39 is 30.7 Å². The van der Waals surface area contributed by atoms with E-state index in [4.69, 9.17) is 0 Å². The number of carbonyl (C=O) groups excluding carboxylic acids is 1. The second kappa shape index (κ2) is 8.52. The molecule has 0 radical (unpaired) electrons. The monoisotopic (exact) mass is 372 g/mol. The van der Waals surface area contributed by atoms with Crippen molar-refractivity contribution < 1.29 is 32.2 Å². The highest BCUT2D eigenvalue weighted by atomic mass is 19.4. The Morgan fingerprint density at radius 3 is 2.27 bits per heavy atom. The molecule has 0 bridgehead atoms. The zero-order chi connectivity index (χ0) is 19.2. The number of hydrogen-bond acceptors (Lipinski definition) is 3. The van der Waals surface area contributed by atoms with Gasteiger partial charge in [-0.2, -0.15) is 13.2 Å². The molecule has 0 aromatic heterocycles. The second-order valence-electron chi connectivity index (χ2n) is 5.33. The summed E-state index contributed by atoms with van der Waals surface area (Å²) in [4.78, 5) is 11.8. The van der Waals surface area contributed by atoms with Crippen molar-refractivity contribution in [3.8, 4) is 5.75 Å². The lowest BCUT2D eigenvalue weighted by Crippen LogP contribution is -2.32. The summed E-state index contributed by atoms with van der Waals surface area (Å²) in [6, 6.07) is 9.91. The van der Waals surface area contributed by atoms with Crippen LogP contribution >= 0.6 is 0 Å². The topological polar surface area (TPSA) is 70.6 Å². The Balaban J connectivity index is 1.79. The third-order valence-electron chi connectivity index (χ3n) is 3.23. The van der Waals surface area contributed by atoms with Crippen LogP contribution in [0.2, 0.25) is 0 Å². The van der Waals surface area contributed by atoms with Crippen LogP contribution in [0.3, 0.4) is 0 Å². The third kappa shape index (κ3) is 6.60. The first-order chi connectivity index (χ1) is 12.2. The van der Waals surface area contributed by atoms with Crippen molar-refractivity contribution in [3.63, 3.8) is 0 Å². The number of ether oxygens (including phenoxy) is 1. The van der Waals surface area contributed by atoms with Gasteiger partial charge in [-0.3, -0.25) is 0 Å². The summed E-state index contributed by atoms with van der Waals surface area (Å²) >= 11 is 0. The molecule has 0 spiro atoms. The summed E-state index contributed by atoms with van der Waals surface area (Å²) < 4.78 is 53.5. The van der Waals surface area contributed by atoms with Crippen LogP contribution in [0.4, 0.5) is 28.0 Å². The van der Waals surface area contributed by atoms with Crippen molar-refractivity contribution >= 4 is 11.7 Å². The molecule has 3 N–H and O–H groups in total. The lowest BCUT2D eigenvalue weighted by atomic mass is 10.1. The van der Waals surface area contributed by atoms with Gasteiger partial charge in [-0.1, -0.05) is 12.1 Å². The summed E-state index contributed by atoms with van der Waals surface area (Å²) in [5.41, 5.74) is 0.774. The number of halogens is 4. The largest absolute Gasteiger partial charge is 0.484 e. The van der Waals surface area contributed by atoms with E-state index in [1.807, 2.05) is 0 Å². The highest BCUT2D eigenvalue weighted by Crippen LogP contribution is 2.20. The molecule has 140 valence electrons. The summed E-state index contributed by atoms with van der Waals surface area (Å²) in [6.07, 6.45) is -5.44. The quantitative estimate of drug-likeness (QED) is 0.679. The molecule has 0 heterocycles. The van der Waals surface area contributed by atoms with Gasteiger partial charge in [0.2, 0.25) is 0 Å². The first-order valence-corrected chi connectivity index (χ1v) is 7.51. The van der Waals surface area contributed by atoms with E-state index in [9.17, 15) is 27.5 Å². The molecule has 2 aromatic rings. The Hall–Kier alpha value is -2.81. The van der Waals surface area contributed by atoms with Gasteiger partial charge >= 0.3 is 12.2 Å². The van der Waals surface area contributed by atoms with E-state index in [1.165, 1.54) is 48.5 Å². The molecule has 0 saturated carbocycles. The van der Waals surface area contributed by atoms with Gasteiger partial charge < -0.3 is 20.5 Å². The highest BCUT2D eigenvalue weighted by molar-refractivity contribution is 5.89. The zero-order valence-electron chi connectivity index (χ0n) is 13.4. The van der Waals surface area contributed by atoms with Crippen LogP contribution in [-0.2, 0) is 0 Å². The van der Waals surface area contributed by atoms with Gasteiger partial charge in [-0.25, -0.2) is 9.18 Å². The van der Waals surface area contributed by atoms with E-state index in [-0.39, 0.29) is 12.3 Å². The fourth-order valence-electron chi connectivity index (χ4n) is 1.97. The highest BCUT2D eigenvalue weighted by Gasteiger charge is 2.28. The van der Waals surface area contributed by atoms with Crippen LogP contribution in [0.1, 0.15) is 11.7 Å². The number of benzene rings is 2. The van der Waals surface area contributed by atoms with E-state index in [2.05, 4.69) is 15.4 Å². The van der Waals surface area contributed by atoms with Crippen LogP contribution in [0.25, 0.3) is 0 Å². The number of alkyl halides is 3. The molecule has 26 heavy (non-hydrogen) atoms. The van der Waals surface area contributed by atoms with Gasteiger partial charge in [0.05, 0.1) is 6.10 Å². The van der Waals surface area contributed by atoms with Gasteiger partial charge in [0.1, 0.15) is 11.6 Å². The zero-order valence-corrected chi connectivity index (χ0v) is 13.4. The molecule has 0 aliphatic carbocycles. The molecule has 1 unspecified atom stereocenters. The van der Waals surface area contributed by atoms with Crippen LogP contribution < -0.4 is 15.4 Å². The predicted molar refractivity (Wildman–Crippen MR) is 86.4 cm³/mol. The molecule has 0 saturated heterocycles. The van der Waals surface area contributed by atoms with Crippen molar-refractivity contribution in [3.05, 3.63) is 59.9 Å². The summed E-state index contributed by atoms with van der Waals surface area (Å²) in [5.74, 6) is -0.422. The van der Waals surface area contributed by atoms with Gasteiger partial charge in [0, 0.05) is 12.2 Å². The summed E-state index contributed by atoms with van der Waals surface area (Å²) in [5, 5.41) is 14.8. The molecule has 0 fully saturated rings. The molecular weight excluding hydrogens is 356 g/mol. The van der Waals surface area contributed by atoms with Crippen LogP contribution in [-0.4, -0.2) is 30.5 Å². The number of urea groups is 1. The summed E-state index contributed by atoms with van der Waals surface area (Å²) in [6.45, 7) is -1.51. The van der Waals surface area contributed by atoms with Crippen molar-refractivity contribution in [2.45, 2.75) is 12.3 Å². The number of anilines is 1. The van der Waals surface area contributed by atoms with Gasteiger partial charge in [-0.15, -0.1) is 0 Å². The predicted octanol–water partition coefficient (Wildman–Crippen LogP) is 3.62. The Morgan fingerprint density at radius 1 is 1.08 bits per heavy atom. The number of hydrogen-bond donors (Lipinski definition) is 3. The standard InChI is InChI=1S/C17H16F4N2O3/c18-12-3-1-11(2-4-12)15(24)9-22-16(25)23-13-5-7-14(8-6-13)26-10-17(19,20)21/h1-8,15,24H,9-10H2,(H2,22,23,25). The minimum absolute atomic E-state index is 0.0139. The number of aliphatic hydroxyl groups is 1. The van der Waals surface area contributed by atoms with E-state index in [1.54, 1.807) is 0 Å². The number of aliphatic hydroxyl groups excluding tert-OH is 1.